The van der Waals surface area contributed by atoms with Crippen LogP contribution in [0.2, 0.25) is 0 Å². The fourth-order valence-electron chi connectivity index (χ4n) is 2.37. The molecule has 0 aliphatic rings. The van der Waals surface area contributed by atoms with E-state index in [-0.39, 0.29) is 5.82 Å². The minimum atomic E-state index is -0.302. The van der Waals surface area contributed by atoms with E-state index in [4.69, 9.17) is 5.26 Å². The van der Waals surface area contributed by atoms with Gasteiger partial charge in [-0.15, -0.1) is 0 Å². The second-order valence-corrected chi connectivity index (χ2v) is 5.03. The van der Waals surface area contributed by atoms with Gasteiger partial charge in [0.25, 0.3) is 0 Å². The number of hydrogen-bond acceptors (Lipinski definition) is 3. The molecule has 104 valence electrons. The van der Waals surface area contributed by atoms with E-state index in [1.165, 1.54) is 12.1 Å². The number of hydrogen-bond donors (Lipinski definition) is 1. The second-order valence-electron chi connectivity index (χ2n) is 4.72. The fraction of sp³-hybridized carbons (Fsp3) is 0.125. The average Bonchev–Trinajstić information content (AvgIpc) is 2.84. The van der Waals surface area contributed by atoms with Gasteiger partial charge in [-0.3, -0.25) is 0 Å². The molecule has 3 aromatic rings. The Hall–Kier alpha value is -2.32. The highest BCUT2D eigenvalue weighted by molar-refractivity contribution is 7.79. The Bertz CT molecular complexity index is 848. The number of imidazole rings is 1. The van der Waals surface area contributed by atoms with Gasteiger partial charge in [0.1, 0.15) is 11.6 Å². The van der Waals surface area contributed by atoms with Gasteiger partial charge in [0.2, 0.25) is 0 Å². The van der Waals surface area contributed by atoms with Crippen LogP contribution in [0.1, 0.15) is 17.0 Å². The Kier molecular flexibility index (Phi) is 3.63. The Morgan fingerprint density at radius 1 is 1.24 bits per heavy atom. The summed E-state index contributed by atoms with van der Waals surface area (Å²) in [5.74, 6) is 0.944. The van der Waals surface area contributed by atoms with Crippen molar-refractivity contribution in [1.82, 2.24) is 9.55 Å². The number of rotatable bonds is 3. The lowest BCUT2D eigenvalue weighted by molar-refractivity contribution is 0.629. The zero-order valence-electron chi connectivity index (χ0n) is 11.1. The first-order chi connectivity index (χ1) is 10.2. The van der Waals surface area contributed by atoms with Gasteiger partial charge >= 0.3 is 0 Å². The Morgan fingerprint density at radius 2 is 2.10 bits per heavy atom. The van der Waals surface area contributed by atoms with Crippen molar-refractivity contribution >= 4 is 23.7 Å². The smallest absolute Gasteiger partial charge is 0.125 e. The van der Waals surface area contributed by atoms with Gasteiger partial charge in [-0.1, -0.05) is 12.1 Å². The zero-order chi connectivity index (χ0) is 14.8. The summed E-state index contributed by atoms with van der Waals surface area (Å²) in [5.41, 5.74) is 3.11. The van der Waals surface area contributed by atoms with E-state index in [9.17, 15) is 4.39 Å². The lowest BCUT2D eigenvalue weighted by Crippen LogP contribution is -2.04. The molecule has 3 rings (SSSR count). The number of nitrogens with zero attached hydrogens (tertiary/aromatic N) is 3. The first-order valence-electron chi connectivity index (χ1n) is 6.46. The lowest BCUT2D eigenvalue weighted by Gasteiger charge is -2.08. The third-order valence-corrected chi connectivity index (χ3v) is 3.61. The van der Waals surface area contributed by atoms with E-state index in [0.717, 1.165) is 16.9 Å². The molecule has 0 atom stereocenters. The lowest BCUT2D eigenvalue weighted by atomic mass is 10.1. The first kappa shape index (κ1) is 13.7. The maximum Gasteiger partial charge on any atom is 0.125 e. The molecule has 0 radical (unpaired) electrons. The molecular weight excluding hydrogens is 285 g/mol. The van der Waals surface area contributed by atoms with Crippen LogP contribution in [0.15, 0.2) is 42.5 Å². The maximum atomic E-state index is 13.3. The molecule has 0 aliphatic carbocycles. The molecule has 1 heterocycles. The van der Waals surface area contributed by atoms with E-state index in [1.54, 1.807) is 12.1 Å². The van der Waals surface area contributed by atoms with Gasteiger partial charge in [-0.2, -0.15) is 17.9 Å². The van der Waals surface area contributed by atoms with Gasteiger partial charge < -0.3 is 4.57 Å². The molecule has 5 heteroatoms. The highest BCUT2D eigenvalue weighted by Gasteiger charge is 2.11. The maximum absolute atomic E-state index is 13.3. The van der Waals surface area contributed by atoms with Crippen molar-refractivity contribution < 1.29 is 4.39 Å². The van der Waals surface area contributed by atoms with Crippen LogP contribution in [-0.4, -0.2) is 9.55 Å². The van der Waals surface area contributed by atoms with Crippen molar-refractivity contribution in [3.63, 3.8) is 0 Å². The predicted molar refractivity (Wildman–Crippen MR) is 82.6 cm³/mol. The average molecular weight is 297 g/mol. The van der Waals surface area contributed by atoms with Gasteiger partial charge in [-0.05, 0) is 29.8 Å². The Balaban J connectivity index is 2.08. The van der Waals surface area contributed by atoms with E-state index in [0.29, 0.717) is 23.4 Å². The van der Waals surface area contributed by atoms with Crippen LogP contribution in [0, 0.1) is 17.1 Å². The van der Waals surface area contributed by atoms with Crippen LogP contribution in [-0.2, 0) is 12.3 Å². The summed E-state index contributed by atoms with van der Waals surface area (Å²) in [6.07, 6.45) is 0. The molecule has 0 unspecified atom stereocenters. The van der Waals surface area contributed by atoms with Crippen LogP contribution in [0.4, 0.5) is 4.39 Å². The minimum absolute atomic E-state index is 0.302. The van der Waals surface area contributed by atoms with Gasteiger partial charge in [0.05, 0.1) is 22.7 Å². The van der Waals surface area contributed by atoms with Crippen molar-refractivity contribution in [2.45, 2.75) is 12.3 Å². The topological polar surface area (TPSA) is 41.6 Å². The predicted octanol–water partition coefficient (Wildman–Crippen LogP) is 3.53. The Morgan fingerprint density at radius 3 is 2.86 bits per heavy atom. The third kappa shape index (κ3) is 2.63. The molecule has 0 N–H and O–H groups in total. The van der Waals surface area contributed by atoms with Crippen molar-refractivity contribution in [2.24, 2.45) is 0 Å². The number of fused-ring (bicyclic) bond motifs is 1. The number of halogens is 1. The highest BCUT2D eigenvalue weighted by atomic mass is 32.1. The largest absolute Gasteiger partial charge is 0.323 e. The van der Waals surface area contributed by atoms with Gasteiger partial charge in [0.15, 0.2) is 0 Å². The molecule has 0 saturated heterocycles. The molecule has 0 amide bonds. The van der Waals surface area contributed by atoms with Gasteiger partial charge in [0, 0.05) is 18.4 Å². The third-order valence-electron chi connectivity index (χ3n) is 3.33. The molecule has 1 aromatic heterocycles. The van der Waals surface area contributed by atoms with Crippen LogP contribution >= 0.6 is 12.6 Å². The van der Waals surface area contributed by atoms with Crippen LogP contribution in [0.25, 0.3) is 11.0 Å². The summed E-state index contributed by atoms with van der Waals surface area (Å²) >= 11 is 4.29. The molecule has 2 aromatic carbocycles. The highest BCUT2D eigenvalue weighted by Crippen LogP contribution is 2.20. The molecule has 21 heavy (non-hydrogen) atoms. The fourth-order valence-corrected chi connectivity index (χ4v) is 2.61. The Labute approximate surface area is 127 Å². The normalized spacial score (nSPS) is 10.7. The number of thiol groups is 1. The molecule has 0 fully saturated rings. The van der Waals surface area contributed by atoms with E-state index < -0.39 is 0 Å². The van der Waals surface area contributed by atoms with Crippen LogP contribution in [0.3, 0.4) is 0 Å². The summed E-state index contributed by atoms with van der Waals surface area (Å²) in [4.78, 5) is 4.41. The monoisotopic (exact) mass is 297 g/mol. The van der Waals surface area contributed by atoms with E-state index in [2.05, 4.69) is 23.7 Å². The molecule has 0 saturated carbocycles. The zero-order valence-corrected chi connectivity index (χ0v) is 12.0. The molecule has 3 nitrogen and oxygen atoms in total. The number of benzene rings is 2. The van der Waals surface area contributed by atoms with E-state index in [1.807, 2.05) is 22.8 Å². The molecule has 0 aliphatic heterocycles. The number of nitriles is 1. The first-order valence-corrected chi connectivity index (χ1v) is 7.09. The van der Waals surface area contributed by atoms with Crippen molar-refractivity contribution in [3.05, 3.63) is 65.2 Å². The SMILES string of the molecule is N#Cc1cccc(Cn2c(CS)nc3cc(F)ccc32)c1. The molecular formula is C16H12FN3S. The summed E-state index contributed by atoms with van der Waals surface area (Å²) in [6, 6.07) is 14.1. The minimum Gasteiger partial charge on any atom is -0.323 e. The summed E-state index contributed by atoms with van der Waals surface area (Å²) in [5, 5.41) is 8.97. The summed E-state index contributed by atoms with van der Waals surface area (Å²) in [7, 11) is 0. The summed E-state index contributed by atoms with van der Waals surface area (Å²) in [6.45, 7) is 0.577. The van der Waals surface area contributed by atoms with E-state index >= 15 is 0 Å². The number of aromatic nitrogens is 2. The molecule has 0 bridgehead atoms. The van der Waals surface area contributed by atoms with Crippen molar-refractivity contribution in [3.8, 4) is 6.07 Å². The standard InChI is InChI=1S/C16H12FN3S/c17-13-4-5-15-14(7-13)19-16(10-21)20(15)9-12-3-1-2-11(6-12)8-18/h1-7,21H,9-10H2. The van der Waals surface area contributed by atoms with Crippen LogP contribution in [0.5, 0.6) is 0 Å². The van der Waals surface area contributed by atoms with Crippen molar-refractivity contribution in [1.29, 1.82) is 5.26 Å². The summed E-state index contributed by atoms with van der Waals surface area (Å²) < 4.78 is 15.3. The van der Waals surface area contributed by atoms with Crippen LogP contribution < -0.4 is 0 Å². The molecule has 0 spiro atoms. The van der Waals surface area contributed by atoms with Crippen molar-refractivity contribution in [2.75, 3.05) is 0 Å². The van der Waals surface area contributed by atoms with Gasteiger partial charge in [-0.25, -0.2) is 9.37 Å². The quantitative estimate of drug-likeness (QED) is 0.751. The second kappa shape index (κ2) is 5.58.